The molecule has 0 aliphatic heterocycles. The molecular weight excluding hydrogens is 238 g/mol. The predicted octanol–water partition coefficient (Wildman–Crippen LogP) is 1.40. The van der Waals surface area contributed by atoms with Crippen molar-refractivity contribution in [1.29, 1.82) is 0 Å². The molecule has 0 aliphatic carbocycles. The van der Waals surface area contributed by atoms with Gasteiger partial charge in [-0.25, -0.2) is 9.97 Å². The molecule has 2 aromatic heterocycles. The van der Waals surface area contributed by atoms with Gasteiger partial charge in [0.15, 0.2) is 0 Å². The van der Waals surface area contributed by atoms with Gasteiger partial charge in [-0.05, 0) is 37.6 Å². The van der Waals surface area contributed by atoms with Crippen molar-refractivity contribution in [3.63, 3.8) is 0 Å². The third kappa shape index (κ3) is 3.72. The molecule has 19 heavy (non-hydrogen) atoms. The van der Waals surface area contributed by atoms with Crippen LogP contribution in [0.3, 0.4) is 0 Å². The number of nitrogens with two attached hydrogens (primary N) is 1. The monoisotopic (exact) mass is 257 g/mol. The van der Waals surface area contributed by atoms with Crippen LogP contribution in [0.1, 0.15) is 18.2 Å². The van der Waals surface area contributed by atoms with Crippen LogP contribution in [-0.2, 0) is 13.0 Å². The topological polar surface area (TPSA) is 67.9 Å². The highest BCUT2D eigenvalue weighted by atomic mass is 15.2. The summed E-state index contributed by atoms with van der Waals surface area (Å²) in [6.45, 7) is 4.26. The predicted molar refractivity (Wildman–Crippen MR) is 75.8 cm³/mol. The number of nitrogens with zero attached hydrogens (tertiary/aromatic N) is 4. The normalized spacial score (nSPS) is 10.4. The summed E-state index contributed by atoms with van der Waals surface area (Å²) < 4.78 is 0. The molecule has 0 spiro atoms. The van der Waals surface area contributed by atoms with E-state index in [9.17, 15) is 0 Å². The van der Waals surface area contributed by atoms with Crippen molar-refractivity contribution in [2.45, 2.75) is 19.9 Å². The van der Waals surface area contributed by atoms with Gasteiger partial charge in [-0.15, -0.1) is 0 Å². The van der Waals surface area contributed by atoms with Gasteiger partial charge in [-0.2, -0.15) is 0 Å². The Bertz CT molecular complexity index is 483. The maximum Gasteiger partial charge on any atom is 0.225 e. The first kappa shape index (κ1) is 13.4. The van der Waals surface area contributed by atoms with Crippen LogP contribution < -0.4 is 10.6 Å². The van der Waals surface area contributed by atoms with Crippen LogP contribution in [0.4, 0.5) is 5.95 Å². The summed E-state index contributed by atoms with van der Waals surface area (Å²) in [6.07, 6.45) is 6.30. The zero-order chi connectivity index (χ0) is 13.5. The Morgan fingerprint density at radius 2 is 1.95 bits per heavy atom. The average molecular weight is 257 g/mol. The Hall–Kier alpha value is -2.01. The number of hydrogen-bond acceptors (Lipinski definition) is 5. The Balaban J connectivity index is 2.08. The zero-order valence-corrected chi connectivity index (χ0v) is 11.2. The molecular formula is C14H19N5. The summed E-state index contributed by atoms with van der Waals surface area (Å²) in [7, 11) is 0. The lowest BCUT2D eigenvalue weighted by Crippen LogP contribution is -2.24. The fraction of sp³-hybridized carbons (Fsp3) is 0.357. The van der Waals surface area contributed by atoms with Crippen LogP contribution in [0.2, 0.25) is 0 Å². The summed E-state index contributed by atoms with van der Waals surface area (Å²) in [4.78, 5) is 15.2. The quantitative estimate of drug-likeness (QED) is 0.847. The van der Waals surface area contributed by atoms with E-state index in [-0.39, 0.29) is 0 Å². The molecule has 5 nitrogen and oxygen atoms in total. The van der Waals surface area contributed by atoms with E-state index in [1.54, 1.807) is 6.20 Å². The number of hydrogen-bond donors (Lipinski definition) is 1. The molecule has 0 saturated carbocycles. The number of aromatic nitrogens is 3. The maximum absolute atomic E-state index is 5.51. The van der Waals surface area contributed by atoms with E-state index < -0.39 is 0 Å². The molecule has 100 valence electrons. The summed E-state index contributed by atoms with van der Waals surface area (Å²) >= 11 is 0. The Morgan fingerprint density at radius 3 is 2.53 bits per heavy atom. The first-order valence-electron chi connectivity index (χ1n) is 6.49. The van der Waals surface area contributed by atoms with E-state index in [1.165, 1.54) is 0 Å². The fourth-order valence-corrected chi connectivity index (χ4v) is 1.82. The van der Waals surface area contributed by atoms with Gasteiger partial charge in [0.1, 0.15) is 0 Å². The summed E-state index contributed by atoms with van der Waals surface area (Å²) in [5.41, 5.74) is 7.60. The molecule has 0 aromatic carbocycles. The third-order valence-corrected chi connectivity index (χ3v) is 2.87. The fourth-order valence-electron chi connectivity index (χ4n) is 1.82. The molecule has 2 aromatic rings. The average Bonchev–Trinajstić information content (AvgIpc) is 2.47. The molecule has 2 N–H and O–H groups in total. The first-order chi connectivity index (χ1) is 9.33. The second kappa shape index (κ2) is 6.80. The number of rotatable bonds is 6. The minimum Gasteiger partial charge on any atom is -0.335 e. The van der Waals surface area contributed by atoms with Crippen molar-refractivity contribution in [3.8, 4) is 0 Å². The lowest BCUT2D eigenvalue weighted by Gasteiger charge is -2.20. The molecule has 0 fully saturated rings. The van der Waals surface area contributed by atoms with Crippen LogP contribution in [0.15, 0.2) is 36.8 Å². The van der Waals surface area contributed by atoms with Gasteiger partial charge in [0.25, 0.3) is 0 Å². The van der Waals surface area contributed by atoms with Crippen LogP contribution >= 0.6 is 0 Å². The SMILES string of the molecule is CCN(Cc1ccccn1)c1ncc(CCN)cn1. The smallest absolute Gasteiger partial charge is 0.225 e. The highest BCUT2D eigenvalue weighted by Crippen LogP contribution is 2.10. The van der Waals surface area contributed by atoms with E-state index in [4.69, 9.17) is 5.73 Å². The van der Waals surface area contributed by atoms with E-state index in [1.807, 2.05) is 30.6 Å². The van der Waals surface area contributed by atoms with Gasteiger partial charge in [-0.3, -0.25) is 4.98 Å². The van der Waals surface area contributed by atoms with E-state index >= 15 is 0 Å². The van der Waals surface area contributed by atoms with Crippen molar-refractivity contribution < 1.29 is 0 Å². The molecule has 0 unspecified atom stereocenters. The van der Waals surface area contributed by atoms with E-state index in [2.05, 4.69) is 26.8 Å². The van der Waals surface area contributed by atoms with Crippen LogP contribution in [0.25, 0.3) is 0 Å². The van der Waals surface area contributed by atoms with Crippen LogP contribution in [0, 0.1) is 0 Å². The minimum absolute atomic E-state index is 0.619. The Labute approximate surface area is 113 Å². The molecule has 5 heteroatoms. The van der Waals surface area contributed by atoms with Gasteiger partial charge >= 0.3 is 0 Å². The molecule has 0 bridgehead atoms. The van der Waals surface area contributed by atoms with E-state index in [0.717, 1.165) is 30.2 Å². The zero-order valence-electron chi connectivity index (χ0n) is 11.2. The number of pyridine rings is 1. The lowest BCUT2D eigenvalue weighted by atomic mass is 10.2. The standard InChI is InChI=1S/C14H19N5/c1-2-19(11-13-5-3-4-8-16-13)14-17-9-12(6-7-15)10-18-14/h3-5,8-10H,2,6-7,11,15H2,1H3. The minimum atomic E-state index is 0.619. The molecule has 0 saturated heterocycles. The Morgan fingerprint density at radius 1 is 1.16 bits per heavy atom. The van der Waals surface area contributed by atoms with Crippen molar-refractivity contribution >= 4 is 5.95 Å². The first-order valence-corrected chi connectivity index (χ1v) is 6.49. The van der Waals surface area contributed by atoms with Crippen LogP contribution in [0.5, 0.6) is 0 Å². The van der Waals surface area contributed by atoms with E-state index in [0.29, 0.717) is 13.1 Å². The largest absolute Gasteiger partial charge is 0.335 e. The van der Waals surface area contributed by atoms with Gasteiger partial charge in [-0.1, -0.05) is 6.07 Å². The summed E-state index contributed by atoms with van der Waals surface area (Å²) in [5, 5.41) is 0. The second-order valence-corrected chi connectivity index (χ2v) is 4.27. The highest BCUT2D eigenvalue weighted by Gasteiger charge is 2.08. The summed E-state index contributed by atoms with van der Waals surface area (Å²) in [6, 6.07) is 5.91. The molecule has 0 atom stereocenters. The van der Waals surface area contributed by atoms with Crippen molar-refractivity contribution in [3.05, 3.63) is 48.0 Å². The number of anilines is 1. The molecule has 2 heterocycles. The van der Waals surface area contributed by atoms with Crippen molar-refractivity contribution in [1.82, 2.24) is 15.0 Å². The Kier molecular flexibility index (Phi) is 4.80. The highest BCUT2D eigenvalue weighted by molar-refractivity contribution is 5.30. The molecule has 0 radical (unpaired) electrons. The van der Waals surface area contributed by atoms with Gasteiger partial charge in [0.2, 0.25) is 5.95 Å². The van der Waals surface area contributed by atoms with Crippen molar-refractivity contribution in [2.75, 3.05) is 18.0 Å². The van der Waals surface area contributed by atoms with Gasteiger partial charge in [0.05, 0.1) is 12.2 Å². The molecule has 0 aliphatic rings. The van der Waals surface area contributed by atoms with Gasteiger partial charge < -0.3 is 10.6 Å². The summed E-state index contributed by atoms with van der Waals surface area (Å²) in [5.74, 6) is 0.730. The lowest BCUT2D eigenvalue weighted by molar-refractivity contribution is 0.770. The van der Waals surface area contributed by atoms with Gasteiger partial charge in [0, 0.05) is 25.1 Å². The van der Waals surface area contributed by atoms with Crippen molar-refractivity contribution in [2.24, 2.45) is 5.73 Å². The second-order valence-electron chi connectivity index (χ2n) is 4.27. The molecule has 0 amide bonds. The van der Waals surface area contributed by atoms with Crippen LogP contribution in [-0.4, -0.2) is 28.0 Å². The molecule has 2 rings (SSSR count). The maximum atomic E-state index is 5.51. The third-order valence-electron chi connectivity index (χ3n) is 2.87.